The van der Waals surface area contributed by atoms with Gasteiger partial charge in [-0.3, -0.25) is 14.3 Å². The van der Waals surface area contributed by atoms with Gasteiger partial charge < -0.3 is 10.0 Å². The zero-order valence-electron chi connectivity index (χ0n) is 16.1. The fourth-order valence-corrected chi connectivity index (χ4v) is 4.72. The molecule has 1 aliphatic carbocycles. The number of carbonyl (C=O) groups excluding carboxylic acids is 1. The number of benzene rings is 1. The van der Waals surface area contributed by atoms with E-state index in [1.165, 1.54) is 0 Å². The lowest BCUT2D eigenvalue weighted by atomic mass is 9.77. The Morgan fingerprint density at radius 2 is 1.82 bits per heavy atom. The van der Waals surface area contributed by atoms with Crippen molar-refractivity contribution in [2.24, 2.45) is 0 Å². The van der Waals surface area contributed by atoms with E-state index in [9.17, 15) is 9.59 Å². The van der Waals surface area contributed by atoms with E-state index in [0.717, 1.165) is 62.1 Å². The minimum atomic E-state index is -0.814. The lowest BCUT2D eigenvalue weighted by Gasteiger charge is -2.34. The van der Waals surface area contributed by atoms with Gasteiger partial charge in [-0.15, -0.1) is 0 Å². The molecule has 148 valence electrons. The van der Waals surface area contributed by atoms with Crippen LogP contribution in [0.2, 0.25) is 0 Å². The second-order valence-corrected chi connectivity index (χ2v) is 7.98. The third-order valence-corrected chi connectivity index (χ3v) is 6.14. The van der Waals surface area contributed by atoms with Crippen molar-refractivity contribution in [3.63, 3.8) is 0 Å². The maximum atomic E-state index is 13.7. The first-order valence-electron chi connectivity index (χ1n) is 10.2. The van der Waals surface area contributed by atoms with Crippen LogP contribution in [0.3, 0.4) is 0 Å². The summed E-state index contributed by atoms with van der Waals surface area (Å²) in [6.07, 6.45) is 5.37. The Morgan fingerprint density at radius 1 is 1.07 bits per heavy atom. The first-order chi connectivity index (χ1) is 13.6. The molecule has 0 radical (unpaired) electrons. The second-order valence-electron chi connectivity index (χ2n) is 7.98. The van der Waals surface area contributed by atoms with Crippen LogP contribution in [0, 0.1) is 0 Å². The van der Waals surface area contributed by atoms with Gasteiger partial charge in [-0.25, -0.2) is 0 Å². The van der Waals surface area contributed by atoms with Crippen LogP contribution in [-0.4, -0.2) is 38.2 Å². The Morgan fingerprint density at radius 3 is 2.54 bits per heavy atom. The standard InChI is InChI=1S/C22H27N3O3/c26-20(27)10-9-18-15-19-16-24(13-6-14-25(19)23-18)21(28)22(11-4-5-12-22)17-7-2-1-3-8-17/h1-3,7-8,15H,4-6,9-14,16H2,(H,26,27). The van der Waals surface area contributed by atoms with Gasteiger partial charge in [0.2, 0.25) is 5.91 Å². The molecule has 4 rings (SSSR count). The molecule has 0 bridgehead atoms. The highest BCUT2D eigenvalue weighted by molar-refractivity contribution is 5.88. The van der Waals surface area contributed by atoms with Crippen LogP contribution in [0.1, 0.15) is 55.5 Å². The average molecular weight is 381 g/mol. The molecule has 1 aromatic heterocycles. The normalized spacial score (nSPS) is 18.5. The molecule has 0 atom stereocenters. The molecule has 1 saturated carbocycles. The second kappa shape index (κ2) is 7.78. The topological polar surface area (TPSA) is 75.4 Å². The van der Waals surface area contributed by atoms with Gasteiger partial charge in [0.05, 0.1) is 29.8 Å². The number of carbonyl (C=O) groups is 2. The number of nitrogens with zero attached hydrogens (tertiary/aromatic N) is 3. The van der Waals surface area contributed by atoms with Crippen molar-refractivity contribution in [1.82, 2.24) is 14.7 Å². The summed E-state index contributed by atoms with van der Waals surface area (Å²) in [7, 11) is 0. The summed E-state index contributed by atoms with van der Waals surface area (Å²) in [5.74, 6) is -0.580. The van der Waals surface area contributed by atoms with Crippen molar-refractivity contribution in [1.29, 1.82) is 0 Å². The Hall–Kier alpha value is -2.63. The van der Waals surface area contributed by atoms with Crippen molar-refractivity contribution in [3.05, 3.63) is 53.3 Å². The highest BCUT2D eigenvalue weighted by Crippen LogP contribution is 2.43. The van der Waals surface area contributed by atoms with E-state index < -0.39 is 11.4 Å². The van der Waals surface area contributed by atoms with Gasteiger partial charge >= 0.3 is 5.97 Å². The van der Waals surface area contributed by atoms with Crippen LogP contribution in [0.5, 0.6) is 0 Å². The van der Waals surface area contributed by atoms with Gasteiger partial charge in [0, 0.05) is 19.5 Å². The Labute approximate surface area is 165 Å². The fraction of sp³-hybridized carbons (Fsp3) is 0.500. The van der Waals surface area contributed by atoms with E-state index in [0.29, 0.717) is 13.0 Å². The zero-order chi connectivity index (χ0) is 19.6. The van der Waals surface area contributed by atoms with E-state index >= 15 is 0 Å². The van der Waals surface area contributed by atoms with E-state index in [1.807, 2.05) is 33.8 Å². The number of aryl methyl sites for hydroxylation is 2. The van der Waals surface area contributed by atoms with E-state index in [4.69, 9.17) is 5.11 Å². The molecular weight excluding hydrogens is 354 g/mol. The van der Waals surface area contributed by atoms with E-state index in [1.54, 1.807) is 0 Å². The predicted octanol–water partition coefficient (Wildman–Crippen LogP) is 3.14. The summed E-state index contributed by atoms with van der Waals surface area (Å²) < 4.78 is 1.95. The van der Waals surface area contributed by atoms with Crippen LogP contribution in [0.25, 0.3) is 0 Å². The molecule has 6 heteroatoms. The lowest BCUT2D eigenvalue weighted by molar-refractivity contribution is -0.138. The van der Waals surface area contributed by atoms with E-state index in [2.05, 4.69) is 17.2 Å². The monoisotopic (exact) mass is 381 g/mol. The van der Waals surface area contributed by atoms with E-state index in [-0.39, 0.29) is 12.3 Å². The number of amides is 1. The largest absolute Gasteiger partial charge is 0.481 e. The smallest absolute Gasteiger partial charge is 0.303 e. The molecule has 2 aromatic rings. The highest BCUT2D eigenvalue weighted by Gasteiger charge is 2.45. The van der Waals surface area contributed by atoms with Gasteiger partial charge in [0.25, 0.3) is 0 Å². The summed E-state index contributed by atoms with van der Waals surface area (Å²) in [4.78, 5) is 26.6. The predicted molar refractivity (Wildman–Crippen MR) is 105 cm³/mol. The number of carboxylic acid groups (broad SMARTS) is 1. The van der Waals surface area contributed by atoms with Crippen molar-refractivity contribution in [2.75, 3.05) is 6.54 Å². The Balaban J connectivity index is 1.57. The molecule has 28 heavy (non-hydrogen) atoms. The molecule has 2 heterocycles. The van der Waals surface area contributed by atoms with Crippen molar-refractivity contribution in [3.8, 4) is 0 Å². The van der Waals surface area contributed by atoms with Crippen LogP contribution in [-0.2, 0) is 34.5 Å². The van der Waals surface area contributed by atoms with Crippen LogP contribution in [0.4, 0.5) is 0 Å². The molecule has 1 aromatic carbocycles. The van der Waals surface area contributed by atoms with Crippen molar-refractivity contribution < 1.29 is 14.7 Å². The molecule has 1 fully saturated rings. The Bertz CT molecular complexity index is 853. The van der Waals surface area contributed by atoms with Gasteiger partial charge in [-0.2, -0.15) is 5.10 Å². The minimum absolute atomic E-state index is 0.0796. The number of hydrogen-bond donors (Lipinski definition) is 1. The van der Waals surface area contributed by atoms with Crippen molar-refractivity contribution in [2.45, 2.75) is 63.5 Å². The van der Waals surface area contributed by atoms with Gasteiger partial charge in [-0.1, -0.05) is 43.2 Å². The maximum Gasteiger partial charge on any atom is 0.303 e. The summed E-state index contributed by atoms with van der Waals surface area (Å²) >= 11 is 0. The number of hydrogen-bond acceptors (Lipinski definition) is 3. The summed E-state index contributed by atoms with van der Waals surface area (Å²) in [6.45, 7) is 2.05. The van der Waals surface area contributed by atoms with Gasteiger partial charge in [-0.05, 0) is 30.9 Å². The Kier molecular flexibility index (Phi) is 5.20. The SMILES string of the molecule is O=C(O)CCc1cc2n(n1)CCCN(C(=O)C1(c3ccccc3)CCCC1)C2. The highest BCUT2D eigenvalue weighted by atomic mass is 16.4. The zero-order valence-corrected chi connectivity index (χ0v) is 16.1. The third-order valence-electron chi connectivity index (χ3n) is 6.14. The molecule has 2 aliphatic rings. The average Bonchev–Trinajstić information content (AvgIpc) is 3.30. The minimum Gasteiger partial charge on any atom is -0.481 e. The fourth-order valence-electron chi connectivity index (χ4n) is 4.72. The first-order valence-corrected chi connectivity index (χ1v) is 10.2. The number of aliphatic carboxylic acids is 1. The molecular formula is C22H27N3O3. The lowest BCUT2D eigenvalue weighted by Crippen LogP contribution is -2.45. The third kappa shape index (κ3) is 3.55. The van der Waals surface area contributed by atoms with Gasteiger partial charge in [0.1, 0.15) is 0 Å². The molecule has 6 nitrogen and oxygen atoms in total. The molecule has 0 unspecified atom stereocenters. The summed E-state index contributed by atoms with van der Waals surface area (Å²) in [5.41, 5.74) is 2.54. The molecule has 0 spiro atoms. The van der Waals surface area contributed by atoms with Gasteiger partial charge in [0.15, 0.2) is 0 Å². The maximum absolute atomic E-state index is 13.7. The quantitative estimate of drug-likeness (QED) is 0.863. The molecule has 1 amide bonds. The number of rotatable bonds is 5. The number of aromatic nitrogens is 2. The number of carboxylic acids is 1. The van der Waals surface area contributed by atoms with Crippen molar-refractivity contribution >= 4 is 11.9 Å². The number of fused-ring (bicyclic) bond motifs is 1. The summed E-state index contributed by atoms with van der Waals surface area (Å²) in [6, 6.07) is 12.2. The molecule has 0 saturated heterocycles. The molecule has 1 N–H and O–H groups in total. The first kappa shape index (κ1) is 18.7. The van der Waals surface area contributed by atoms with Crippen LogP contribution in [0.15, 0.2) is 36.4 Å². The molecule has 1 aliphatic heterocycles. The van der Waals surface area contributed by atoms with Crippen LogP contribution < -0.4 is 0 Å². The summed E-state index contributed by atoms with van der Waals surface area (Å²) in [5, 5.41) is 13.5. The van der Waals surface area contributed by atoms with Crippen LogP contribution >= 0.6 is 0 Å².